The van der Waals surface area contributed by atoms with Crippen LogP contribution >= 0.6 is 11.3 Å². The van der Waals surface area contributed by atoms with Crippen molar-refractivity contribution in [2.24, 2.45) is 0 Å². The molecule has 1 N–H and O–H groups in total. The molecule has 0 bridgehead atoms. The normalized spacial score (nSPS) is 12.0. The maximum absolute atomic E-state index is 12.7. The van der Waals surface area contributed by atoms with Gasteiger partial charge in [0.25, 0.3) is 0 Å². The zero-order valence-electron chi connectivity index (χ0n) is 11.9. The van der Waals surface area contributed by atoms with Gasteiger partial charge in [-0.3, -0.25) is 4.79 Å². The van der Waals surface area contributed by atoms with Crippen LogP contribution in [0.4, 0.5) is 4.39 Å². The summed E-state index contributed by atoms with van der Waals surface area (Å²) in [4.78, 5) is 16.1. The van der Waals surface area contributed by atoms with Crippen molar-refractivity contribution in [2.45, 2.75) is 26.3 Å². The standard InChI is InChI=1S/C15H17FN2O2S/c1-10(8-20-14-5-3-12(16)4-6-14)17-15(19)7-13-9-21-11(2)18-13/h3-6,9-10H,7-8H2,1-2H3,(H,17,19). The van der Waals surface area contributed by atoms with Crippen LogP contribution in [-0.4, -0.2) is 23.5 Å². The van der Waals surface area contributed by atoms with Gasteiger partial charge in [-0.15, -0.1) is 11.3 Å². The maximum Gasteiger partial charge on any atom is 0.226 e. The van der Waals surface area contributed by atoms with E-state index in [1.807, 2.05) is 19.2 Å². The van der Waals surface area contributed by atoms with Crippen molar-refractivity contribution < 1.29 is 13.9 Å². The van der Waals surface area contributed by atoms with Gasteiger partial charge in [0.05, 0.1) is 23.2 Å². The van der Waals surface area contributed by atoms with Gasteiger partial charge < -0.3 is 10.1 Å². The van der Waals surface area contributed by atoms with Gasteiger partial charge in [-0.1, -0.05) is 0 Å². The van der Waals surface area contributed by atoms with Crippen molar-refractivity contribution in [3.05, 3.63) is 46.2 Å². The van der Waals surface area contributed by atoms with E-state index in [0.29, 0.717) is 12.4 Å². The highest BCUT2D eigenvalue weighted by molar-refractivity contribution is 7.09. The first-order chi connectivity index (χ1) is 10.0. The predicted molar refractivity (Wildman–Crippen MR) is 80.1 cm³/mol. The Morgan fingerprint density at radius 3 is 2.76 bits per heavy atom. The highest BCUT2D eigenvalue weighted by Gasteiger charge is 2.10. The summed E-state index contributed by atoms with van der Waals surface area (Å²) in [5, 5.41) is 5.68. The third-order valence-corrected chi connectivity index (χ3v) is 3.55. The van der Waals surface area contributed by atoms with Crippen LogP contribution < -0.4 is 10.1 Å². The van der Waals surface area contributed by atoms with Gasteiger partial charge in [-0.25, -0.2) is 9.37 Å². The summed E-state index contributed by atoms with van der Waals surface area (Å²) in [5.41, 5.74) is 0.779. The van der Waals surface area contributed by atoms with Crippen LogP contribution in [0, 0.1) is 12.7 Å². The minimum Gasteiger partial charge on any atom is -0.491 e. The van der Waals surface area contributed by atoms with E-state index < -0.39 is 0 Å². The van der Waals surface area contributed by atoms with Gasteiger partial charge in [-0.2, -0.15) is 0 Å². The fraction of sp³-hybridized carbons (Fsp3) is 0.333. The smallest absolute Gasteiger partial charge is 0.226 e. The third-order valence-electron chi connectivity index (χ3n) is 2.73. The van der Waals surface area contributed by atoms with Crippen molar-refractivity contribution >= 4 is 17.2 Å². The number of halogens is 1. The number of aryl methyl sites for hydroxylation is 1. The second-order valence-electron chi connectivity index (χ2n) is 4.77. The Bertz CT molecular complexity index is 598. The lowest BCUT2D eigenvalue weighted by molar-refractivity contribution is -0.121. The Labute approximate surface area is 127 Å². The molecule has 0 spiro atoms. The summed E-state index contributed by atoms with van der Waals surface area (Å²) in [5.74, 6) is 0.186. The molecule has 0 fully saturated rings. The van der Waals surface area contributed by atoms with Crippen LogP contribution in [0.15, 0.2) is 29.6 Å². The SMILES string of the molecule is Cc1nc(CC(=O)NC(C)COc2ccc(F)cc2)cs1. The van der Waals surface area contributed by atoms with Crippen LogP contribution in [0.1, 0.15) is 17.6 Å². The van der Waals surface area contributed by atoms with Gasteiger partial charge >= 0.3 is 0 Å². The van der Waals surface area contributed by atoms with E-state index in [1.165, 1.54) is 23.5 Å². The summed E-state index contributed by atoms with van der Waals surface area (Å²) in [6.07, 6.45) is 0.269. The predicted octanol–water partition coefficient (Wildman–Crippen LogP) is 2.72. The summed E-state index contributed by atoms with van der Waals surface area (Å²) in [7, 11) is 0. The fourth-order valence-electron chi connectivity index (χ4n) is 1.77. The quantitative estimate of drug-likeness (QED) is 0.892. The van der Waals surface area contributed by atoms with Crippen molar-refractivity contribution in [3.8, 4) is 5.75 Å². The number of carbonyl (C=O) groups is 1. The average molecular weight is 308 g/mol. The van der Waals surface area contributed by atoms with Crippen molar-refractivity contribution in [1.82, 2.24) is 10.3 Å². The lowest BCUT2D eigenvalue weighted by atomic mass is 10.3. The number of hydrogen-bond donors (Lipinski definition) is 1. The molecule has 1 unspecified atom stereocenters. The van der Waals surface area contributed by atoms with Gasteiger partial charge in [-0.05, 0) is 38.1 Å². The molecule has 112 valence electrons. The number of nitrogens with zero attached hydrogens (tertiary/aromatic N) is 1. The molecule has 0 aliphatic rings. The first kappa shape index (κ1) is 15.4. The molecular weight excluding hydrogens is 291 g/mol. The maximum atomic E-state index is 12.7. The van der Waals surface area contributed by atoms with Crippen molar-refractivity contribution in [2.75, 3.05) is 6.61 Å². The number of aromatic nitrogens is 1. The van der Waals surface area contributed by atoms with E-state index in [1.54, 1.807) is 12.1 Å². The Hall–Kier alpha value is -1.95. The van der Waals surface area contributed by atoms with Gasteiger partial charge in [0, 0.05) is 5.38 Å². The molecule has 1 aromatic heterocycles. The molecule has 1 aromatic carbocycles. The van der Waals surface area contributed by atoms with Crippen molar-refractivity contribution in [3.63, 3.8) is 0 Å². The first-order valence-electron chi connectivity index (χ1n) is 6.61. The molecule has 0 saturated carbocycles. The Morgan fingerprint density at radius 2 is 2.14 bits per heavy atom. The molecule has 0 saturated heterocycles. The summed E-state index contributed by atoms with van der Waals surface area (Å²) in [6, 6.07) is 5.65. The van der Waals surface area contributed by atoms with Crippen LogP contribution in [0.2, 0.25) is 0 Å². The van der Waals surface area contributed by atoms with E-state index in [4.69, 9.17) is 4.74 Å². The Morgan fingerprint density at radius 1 is 1.43 bits per heavy atom. The number of rotatable bonds is 6. The van der Waals surface area contributed by atoms with E-state index in [2.05, 4.69) is 10.3 Å². The van der Waals surface area contributed by atoms with Crippen LogP contribution in [-0.2, 0) is 11.2 Å². The molecule has 21 heavy (non-hydrogen) atoms. The molecule has 1 heterocycles. The monoisotopic (exact) mass is 308 g/mol. The largest absolute Gasteiger partial charge is 0.491 e. The summed E-state index contributed by atoms with van der Waals surface area (Å²) >= 11 is 1.53. The molecule has 4 nitrogen and oxygen atoms in total. The highest BCUT2D eigenvalue weighted by Crippen LogP contribution is 2.11. The number of benzene rings is 1. The van der Waals surface area contributed by atoms with E-state index in [0.717, 1.165) is 10.7 Å². The number of nitrogens with one attached hydrogen (secondary N) is 1. The number of carbonyl (C=O) groups excluding carboxylic acids is 1. The van der Waals surface area contributed by atoms with Gasteiger partial charge in [0.2, 0.25) is 5.91 Å². The number of hydrogen-bond acceptors (Lipinski definition) is 4. The molecule has 1 atom stereocenters. The lowest BCUT2D eigenvalue weighted by Crippen LogP contribution is -2.37. The Kier molecular flexibility index (Phi) is 5.27. The third kappa shape index (κ3) is 5.15. The first-order valence-corrected chi connectivity index (χ1v) is 7.49. The van der Waals surface area contributed by atoms with Crippen LogP contribution in [0.5, 0.6) is 5.75 Å². The molecule has 1 amide bonds. The van der Waals surface area contributed by atoms with Crippen LogP contribution in [0.25, 0.3) is 0 Å². The lowest BCUT2D eigenvalue weighted by Gasteiger charge is -2.14. The molecule has 0 aliphatic heterocycles. The zero-order valence-corrected chi connectivity index (χ0v) is 12.7. The number of ether oxygens (including phenoxy) is 1. The van der Waals surface area contributed by atoms with Crippen LogP contribution in [0.3, 0.4) is 0 Å². The molecule has 6 heteroatoms. The second-order valence-corrected chi connectivity index (χ2v) is 5.83. The second kappa shape index (κ2) is 7.17. The van der Waals surface area contributed by atoms with E-state index in [-0.39, 0.29) is 24.2 Å². The topological polar surface area (TPSA) is 51.2 Å². The van der Waals surface area contributed by atoms with Gasteiger partial charge in [0.1, 0.15) is 18.2 Å². The minimum atomic E-state index is -0.303. The Balaban J connectivity index is 1.74. The average Bonchev–Trinajstić information content (AvgIpc) is 2.83. The molecule has 2 aromatic rings. The minimum absolute atomic E-state index is 0.0875. The number of amides is 1. The summed E-state index contributed by atoms with van der Waals surface area (Å²) < 4.78 is 18.2. The fourth-order valence-corrected chi connectivity index (χ4v) is 2.39. The molecular formula is C15H17FN2O2S. The number of thiazole rings is 1. The molecule has 0 aliphatic carbocycles. The highest BCUT2D eigenvalue weighted by atomic mass is 32.1. The summed E-state index contributed by atoms with van der Waals surface area (Å²) in [6.45, 7) is 4.09. The van der Waals surface area contributed by atoms with Gasteiger partial charge in [0.15, 0.2) is 0 Å². The zero-order chi connectivity index (χ0) is 15.2. The molecule has 2 rings (SSSR count). The van der Waals surface area contributed by atoms with Crippen molar-refractivity contribution in [1.29, 1.82) is 0 Å². The molecule has 0 radical (unpaired) electrons. The van der Waals surface area contributed by atoms with E-state index >= 15 is 0 Å². The van der Waals surface area contributed by atoms with E-state index in [9.17, 15) is 9.18 Å².